The Labute approximate surface area is 215 Å². The summed E-state index contributed by atoms with van der Waals surface area (Å²) in [5.41, 5.74) is 1.27. The van der Waals surface area contributed by atoms with Crippen LogP contribution in [-0.4, -0.2) is 58.1 Å². The molecule has 2 aliphatic heterocycles. The first kappa shape index (κ1) is 25.9. The SMILES string of the molecule is CCNC(=NCc1noc(C(C)(C)C)n1)N1CCC2C(CCCN2Cc2ccccc2)C1.I. The van der Waals surface area contributed by atoms with Crippen molar-refractivity contribution in [3.8, 4) is 0 Å². The number of hydrogen-bond donors (Lipinski definition) is 1. The number of aromatic nitrogens is 2. The summed E-state index contributed by atoms with van der Waals surface area (Å²) in [5.74, 6) is 2.96. The van der Waals surface area contributed by atoms with E-state index in [1.807, 2.05) is 0 Å². The van der Waals surface area contributed by atoms with E-state index in [4.69, 9.17) is 9.52 Å². The maximum absolute atomic E-state index is 5.43. The van der Waals surface area contributed by atoms with Crippen LogP contribution >= 0.6 is 24.0 Å². The third-order valence-electron chi connectivity index (χ3n) is 6.53. The number of nitrogens with zero attached hydrogens (tertiary/aromatic N) is 5. The zero-order valence-corrected chi connectivity index (χ0v) is 22.8. The van der Waals surface area contributed by atoms with Crippen LogP contribution in [0.5, 0.6) is 0 Å². The first-order valence-corrected chi connectivity index (χ1v) is 12.1. The minimum Gasteiger partial charge on any atom is -0.357 e. The van der Waals surface area contributed by atoms with Crippen LogP contribution in [0.3, 0.4) is 0 Å². The lowest BCUT2D eigenvalue weighted by molar-refractivity contribution is 0.0372. The highest BCUT2D eigenvalue weighted by Gasteiger charge is 2.36. The van der Waals surface area contributed by atoms with Crippen molar-refractivity contribution >= 4 is 29.9 Å². The van der Waals surface area contributed by atoms with Gasteiger partial charge in [0.05, 0.1) is 0 Å². The molecule has 0 radical (unpaired) electrons. The lowest BCUT2D eigenvalue weighted by Gasteiger charge is -2.48. The van der Waals surface area contributed by atoms with Crippen LogP contribution in [0, 0.1) is 5.92 Å². The molecule has 2 unspecified atom stereocenters. The van der Waals surface area contributed by atoms with Gasteiger partial charge in [0.15, 0.2) is 11.8 Å². The highest BCUT2D eigenvalue weighted by molar-refractivity contribution is 14.0. The summed E-state index contributed by atoms with van der Waals surface area (Å²) in [6.45, 7) is 14.0. The van der Waals surface area contributed by atoms with E-state index in [1.165, 1.54) is 31.4 Å². The summed E-state index contributed by atoms with van der Waals surface area (Å²) in [6, 6.07) is 11.5. The highest BCUT2D eigenvalue weighted by atomic mass is 127. The van der Waals surface area contributed by atoms with E-state index in [0.29, 0.717) is 30.2 Å². The minimum absolute atomic E-state index is 0. The highest BCUT2D eigenvalue weighted by Crippen LogP contribution is 2.31. The lowest BCUT2D eigenvalue weighted by atomic mass is 9.83. The first-order chi connectivity index (χ1) is 15.4. The van der Waals surface area contributed by atoms with Gasteiger partial charge in [-0.3, -0.25) is 4.90 Å². The zero-order valence-electron chi connectivity index (χ0n) is 20.5. The second-order valence-corrected chi connectivity index (χ2v) is 10.1. The van der Waals surface area contributed by atoms with Gasteiger partial charge in [0.25, 0.3) is 0 Å². The van der Waals surface area contributed by atoms with Crippen molar-refractivity contribution in [3.05, 3.63) is 47.6 Å². The maximum Gasteiger partial charge on any atom is 0.232 e. The van der Waals surface area contributed by atoms with E-state index in [2.05, 4.69) is 83.3 Å². The number of hydrogen-bond acceptors (Lipinski definition) is 5. The summed E-state index contributed by atoms with van der Waals surface area (Å²) in [6.07, 6.45) is 3.75. The van der Waals surface area contributed by atoms with Crippen LogP contribution in [0.4, 0.5) is 0 Å². The number of nitrogens with one attached hydrogen (secondary N) is 1. The van der Waals surface area contributed by atoms with Crippen molar-refractivity contribution < 1.29 is 4.52 Å². The van der Waals surface area contributed by atoms with Gasteiger partial charge in [0, 0.05) is 37.6 Å². The van der Waals surface area contributed by atoms with Gasteiger partial charge in [0.1, 0.15) is 6.54 Å². The van der Waals surface area contributed by atoms with Gasteiger partial charge in [0.2, 0.25) is 5.89 Å². The lowest BCUT2D eigenvalue weighted by Crippen LogP contribution is -2.56. The molecule has 4 rings (SSSR count). The van der Waals surface area contributed by atoms with Crippen molar-refractivity contribution in [1.29, 1.82) is 0 Å². The Bertz CT molecular complexity index is 894. The number of benzene rings is 1. The Morgan fingerprint density at radius 1 is 1.18 bits per heavy atom. The van der Waals surface area contributed by atoms with E-state index in [-0.39, 0.29) is 29.4 Å². The Morgan fingerprint density at radius 3 is 2.67 bits per heavy atom. The molecule has 1 aromatic heterocycles. The van der Waals surface area contributed by atoms with Gasteiger partial charge in [-0.2, -0.15) is 4.98 Å². The fraction of sp³-hybridized carbons (Fsp3) is 0.640. The molecule has 2 aliphatic rings. The zero-order chi connectivity index (χ0) is 22.6. The smallest absolute Gasteiger partial charge is 0.232 e. The van der Waals surface area contributed by atoms with Crippen molar-refractivity contribution in [3.63, 3.8) is 0 Å². The van der Waals surface area contributed by atoms with Crippen LogP contribution in [-0.2, 0) is 18.5 Å². The molecule has 7 nitrogen and oxygen atoms in total. The van der Waals surface area contributed by atoms with Crippen molar-refractivity contribution in [2.45, 2.75) is 71.5 Å². The Kier molecular flexibility index (Phi) is 9.15. The van der Waals surface area contributed by atoms with Crippen molar-refractivity contribution in [2.24, 2.45) is 10.9 Å². The van der Waals surface area contributed by atoms with Crippen LogP contribution in [0.1, 0.15) is 64.2 Å². The van der Waals surface area contributed by atoms with E-state index in [1.54, 1.807) is 0 Å². The molecule has 2 atom stereocenters. The molecular weight excluding hydrogens is 527 g/mol. The largest absolute Gasteiger partial charge is 0.357 e. The molecule has 0 amide bonds. The minimum atomic E-state index is -0.145. The van der Waals surface area contributed by atoms with Gasteiger partial charge in [-0.1, -0.05) is 56.3 Å². The third kappa shape index (κ3) is 6.68. The average molecular weight is 567 g/mol. The number of guanidine groups is 1. The summed E-state index contributed by atoms with van der Waals surface area (Å²) in [5, 5.41) is 7.61. The fourth-order valence-corrected chi connectivity index (χ4v) is 4.91. The summed E-state index contributed by atoms with van der Waals surface area (Å²) in [4.78, 5) is 14.5. The number of rotatable bonds is 5. The predicted molar refractivity (Wildman–Crippen MR) is 143 cm³/mol. The van der Waals surface area contributed by atoms with E-state index < -0.39 is 0 Å². The monoisotopic (exact) mass is 566 g/mol. The van der Waals surface area contributed by atoms with E-state index in [9.17, 15) is 0 Å². The Morgan fingerprint density at radius 2 is 1.97 bits per heavy atom. The van der Waals surface area contributed by atoms with Crippen LogP contribution < -0.4 is 5.32 Å². The molecule has 3 heterocycles. The molecule has 0 bridgehead atoms. The van der Waals surface area contributed by atoms with Crippen LogP contribution in [0.25, 0.3) is 0 Å². The van der Waals surface area contributed by atoms with E-state index >= 15 is 0 Å². The second kappa shape index (κ2) is 11.6. The normalized spacial score (nSPS) is 21.9. The number of likely N-dealkylation sites (tertiary alicyclic amines) is 2. The molecule has 1 aromatic carbocycles. The maximum atomic E-state index is 5.43. The van der Waals surface area contributed by atoms with Crippen molar-refractivity contribution in [1.82, 2.24) is 25.3 Å². The van der Waals surface area contributed by atoms with Gasteiger partial charge < -0.3 is 14.7 Å². The Hall–Kier alpha value is -1.68. The summed E-state index contributed by atoms with van der Waals surface area (Å²) >= 11 is 0. The Balaban J connectivity index is 0.00000306. The van der Waals surface area contributed by atoms with Crippen LogP contribution in [0.2, 0.25) is 0 Å². The topological polar surface area (TPSA) is 69.8 Å². The molecule has 2 saturated heterocycles. The second-order valence-electron chi connectivity index (χ2n) is 10.1. The number of aliphatic imine (C=N–C) groups is 1. The first-order valence-electron chi connectivity index (χ1n) is 12.1. The molecular formula is C25H39IN6O. The third-order valence-corrected chi connectivity index (χ3v) is 6.53. The predicted octanol–water partition coefficient (Wildman–Crippen LogP) is 4.44. The quantitative estimate of drug-likeness (QED) is 0.328. The molecule has 2 fully saturated rings. The van der Waals surface area contributed by atoms with Gasteiger partial charge in [-0.25, -0.2) is 4.99 Å². The molecule has 1 N–H and O–H groups in total. The molecule has 33 heavy (non-hydrogen) atoms. The van der Waals surface area contributed by atoms with Crippen molar-refractivity contribution in [2.75, 3.05) is 26.2 Å². The molecule has 8 heteroatoms. The van der Waals surface area contributed by atoms with Gasteiger partial charge >= 0.3 is 0 Å². The number of halogens is 1. The number of fused-ring (bicyclic) bond motifs is 1. The van der Waals surface area contributed by atoms with Gasteiger partial charge in [-0.15, -0.1) is 24.0 Å². The summed E-state index contributed by atoms with van der Waals surface area (Å²) in [7, 11) is 0. The molecule has 2 aromatic rings. The van der Waals surface area contributed by atoms with E-state index in [0.717, 1.165) is 32.1 Å². The fourth-order valence-electron chi connectivity index (χ4n) is 4.91. The standard InChI is InChI=1S/C25H38N6O.HI/c1-5-26-24(27-16-22-28-23(32-29-22)25(2,3)4)31-15-13-21-20(18-31)12-9-14-30(21)17-19-10-7-6-8-11-19;/h6-8,10-11,20-21H,5,9,12-18H2,1-4H3,(H,26,27);1H. The molecule has 0 spiro atoms. The number of piperidine rings is 2. The molecule has 0 aliphatic carbocycles. The van der Waals surface area contributed by atoms with Crippen LogP contribution in [0.15, 0.2) is 39.8 Å². The van der Waals surface area contributed by atoms with Gasteiger partial charge in [-0.05, 0) is 44.2 Å². The molecule has 0 saturated carbocycles. The summed E-state index contributed by atoms with van der Waals surface area (Å²) < 4.78 is 5.43. The average Bonchev–Trinajstić information content (AvgIpc) is 3.27. The molecule has 182 valence electrons.